The molecule has 0 aliphatic heterocycles. The Morgan fingerprint density at radius 1 is 1.32 bits per heavy atom. The van der Waals surface area contributed by atoms with Gasteiger partial charge >= 0.3 is 0 Å². The van der Waals surface area contributed by atoms with Gasteiger partial charge in [-0.15, -0.1) is 0 Å². The van der Waals surface area contributed by atoms with E-state index in [0.29, 0.717) is 0 Å². The van der Waals surface area contributed by atoms with Crippen molar-refractivity contribution in [3.05, 3.63) is 35.1 Å². The van der Waals surface area contributed by atoms with Crippen molar-refractivity contribution in [2.75, 3.05) is 7.11 Å². The first-order chi connectivity index (χ1) is 9.13. The van der Waals surface area contributed by atoms with Gasteiger partial charge in [0.1, 0.15) is 5.82 Å². The Morgan fingerprint density at radius 3 is 2.58 bits per heavy atom. The second-order valence-corrected chi connectivity index (χ2v) is 5.43. The molecule has 2 rings (SSSR count). The number of hydrogen-bond acceptors (Lipinski definition) is 3. The summed E-state index contributed by atoms with van der Waals surface area (Å²) in [6, 6.07) is 4.66. The first-order valence-corrected chi connectivity index (χ1v) is 6.90. The standard InChI is InChI=1S/C15H23FN2O/c1-11-6-7-12(16)10-13(11)14(18-17)15(19-2)8-4-3-5-9-15/h6-7,10,14,18H,3-5,8-9,17H2,1-2H3. The number of hydrazine groups is 1. The summed E-state index contributed by atoms with van der Waals surface area (Å²) in [4.78, 5) is 0. The fraction of sp³-hybridized carbons (Fsp3) is 0.600. The van der Waals surface area contributed by atoms with Crippen molar-refractivity contribution in [3.8, 4) is 0 Å². The van der Waals surface area contributed by atoms with Crippen molar-refractivity contribution < 1.29 is 9.13 Å². The van der Waals surface area contributed by atoms with E-state index in [4.69, 9.17) is 10.6 Å². The molecular weight excluding hydrogens is 243 g/mol. The molecule has 0 bridgehead atoms. The minimum atomic E-state index is -0.328. The fourth-order valence-electron chi connectivity index (χ4n) is 3.21. The fourth-order valence-corrected chi connectivity index (χ4v) is 3.21. The molecule has 3 N–H and O–H groups in total. The average Bonchev–Trinajstić information content (AvgIpc) is 2.44. The molecule has 1 atom stereocenters. The number of ether oxygens (including phenoxy) is 1. The summed E-state index contributed by atoms with van der Waals surface area (Å²) in [5.41, 5.74) is 4.46. The minimum Gasteiger partial charge on any atom is -0.376 e. The molecule has 4 heteroatoms. The van der Waals surface area contributed by atoms with Crippen LogP contribution in [0, 0.1) is 12.7 Å². The van der Waals surface area contributed by atoms with Crippen LogP contribution in [0.3, 0.4) is 0 Å². The molecule has 0 saturated heterocycles. The highest BCUT2D eigenvalue weighted by Crippen LogP contribution is 2.41. The van der Waals surface area contributed by atoms with Crippen LogP contribution in [0.1, 0.15) is 49.3 Å². The number of hydrogen-bond donors (Lipinski definition) is 2. The zero-order valence-corrected chi connectivity index (χ0v) is 11.7. The number of aryl methyl sites for hydroxylation is 1. The van der Waals surface area contributed by atoms with Crippen LogP contribution in [0.5, 0.6) is 0 Å². The van der Waals surface area contributed by atoms with E-state index in [2.05, 4.69) is 5.43 Å². The SMILES string of the molecule is COC1(C(NN)c2cc(F)ccc2C)CCCCC1. The Kier molecular flexibility index (Phi) is 4.55. The number of nitrogens with two attached hydrogens (primary N) is 1. The van der Waals surface area contributed by atoms with Gasteiger partial charge in [-0.2, -0.15) is 0 Å². The topological polar surface area (TPSA) is 47.3 Å². The van der Waals surface area contributed by atoms with Crippen LogP contribution in [0.25, 0.3) is 0 Å². The lowest BCUT2D eigenvalue weighted by Gasteiger charge is -2.42. The first-order valence-electron chi connectivity index (χ1n) is 6.90. The predicted molar refractivity (Wildman–Crippen MR) is 74.0 cm³/mol. The van der Waals surface area contributed by atoms with Crippen molar-refractivity contribution in [2.24, 2.45) is 5.84 Å². The quantitative estimate of drug-likeness (QED) is 0.650. The van der Waals surface area contributed by atoms with Gasteiger partial charge in [-0.1, -0.05) is 25.3 Å². The lowest BCUT2D eigenvalue weighted by Crippen LogP contribution is -2.49. The van der Waals surface area contributed by atoms with E-state index < -0.39 is 0 Å². The molecule has 1 aromatic carbocycles. The molecule has 1 fully saturated rings. The van der Waals surface area contributed by atoms with Gasteiger partial charge < -0.3 is 4.74 Å². The van der Waals surface area contributed by atoms with Gasteiger partial charge in [0.05, 0.1) is 11.6 Å². The molecule has 0 aromatic heterocycles. The number of benzene rings is 1. The monoisotopic (exact) mass is 266 g/mol. The summed E-state index contributed by atoms with van der Waals surface area (Å²) in [6.45, 7) is 1.98. The van der Waals surface area contributed by atoms with E-state index in [1.54, 1.807) is 19.2 Å². The maximum absolute atomic E-state index is 13.5. The molecule has 0 spiro atoms. The summed E-state index contributed by atoms with van der Waals surface area (Å²) in [7, 11) is 1.73. The lowest BCUT2D eigenvalue weighted by atomic mass is 9.76. The van der Waals surface area contributed by atoms with Crippen molar-refractivity contribution >= 4 is 0 Å². The number of rotatable bonds is 4. The molecule has 1 aromatic rings. The van der Waals surface area contributed by atoms with Crippen molar-refractivity contribution in [3.63, 3.8) is 0 Å². The molecule has 0 radical (unpaired) electrons. The van der Waals surface area contributed by atoms with Crippen LogP contribution >= 0.6 is 0 Å². The third-order valence-electron chi connectivity index (χ3n) is 4.35. The summed E-state index contributed by atoms with van der Waals surface area (Å²) in [5, 5.41) is 0. The Morgan fingerprint density at radius 2 is 2.00 bits per heavy atom. The van der Waals surface area contributed by atoms with Crippen molar-refractivity contribution in [2.45, 2.75) is 50.7 Å². The number of halogens is 1. The average molecular weight is 266 g/mol. The van der Waals surface area contributed by atoms with Gasteiger partial charge in [0.2, 0.25) is 0 Å². The van der Waals surface area contributed by atoms with Gasteiger partial charge in [0, 0.05) is 7.11 Å². The van der Waals surface area contributed by atoms with Crippen LogP contribution in [-0.4, -0.2) is 12.7 Å². The molecule has 0 heterocycles. The highest BCUT2D eigenvalue weighted by atomic mass is 19.1. The molecule has 1 aliphatic carbocycles. The zero-order valence-electron chi connectivity index (χ0n) is 11.7. The third kappa shape index (κ3) is 2.81. The van der Waals surface area contributed by atoms with Crippen molar-refractivity contribution in [1.29, 1.82) is 0 Å². The minimum absolute atomic E-state index is 0.173. The van der Waals surface area contributed by atoms with Gasteiger partial charge in [0.15, 0.2) is 0 Å². The molecular formula is C15H23FN2O. The van der Waals surface area contributed by atoms with Crippen LogP contribution in [0.15, 0.2) is 18.2 Å². The third-order valence-corrected chi connectivity index (χ3v) is 4.35. The predicted octanol–water partition coefficient (Wildman–Crippen LogP) is 2.99. The smallest absolute Gasteiger partial charge is 0.123 e. The van der Waals surface area contributed by atoms with Gasteiger partial charge in [-0.3, -0.25) is 11.3 Å². The van der Waals surface area contributed by atoms with E-state index in [-0.39, 0.29) is 17.5 Å². The molecule has 3 nitrogen and oxygen atoms in total. The molecule has 1 saturated carbocycles. The van der Waals surface area contributed by atoms with E-state index >= 15 is 0 Å². The van der Waals surface area contributed by atoms with E-state index in [1.807, 2.05) is 6.92 Å². The Hall–Kier alpha value is -0.970. The Balaban J connectivity index is 2.39. The summed E-state index contributed by atoms with van der Waals surface area (Å²) < 4.78 is 19.3. The van der Waals surface area contributed by atoms with Crippen LogP contribution in [0.2, 0.25) is 0 Å². The van der Waals surface area contributed by atoms with E-state index in [0.717, 1.165) is 36.8 Å². The maximum Gasteiger partial charge on any atom is 0.123 e. The largest absolute Gasteiger partial charge is 0.376 e. The number of nitrogens with one attached hydrogen (secondary N) is 1. The first kappa shape index (κ1) is 14.4. The second kappa shape index (κ2) is 5.99. The molecule has 106 valence electrons. The second-order valence-electron chi connectivity index (χ2n) is 5.43. The maximum atomic E-state index is 13.5. The highest BCUT2D eigenvalue weighted by Gasteiger charge is 2.41. The van der Waals surface area contributed by atoms with Gasteiger partial charge in [-0.05, 0) is 43.0 Å². The Labute approximate surface area is 114 Å². The zero-order chi connectivity index (χ0) is 13.9. The van der Waals surface area contributed by atoms with E-state index in [1.165, 1.54) is 12.5 Å². The molecule has 1 unspecified atom stereocenters. The highest BCUT2D eigenvalue weighted by molar-refractivity contribution is 5.32. The summed E-state index contributed by atoms with van der Waals surface area (Å²) in [5.74, 6) is 5.53. The summed E-state index contributed by atoms with van der Waals surface area (Å²) >= 11 is 0. The lowest BCUT2D eigenvalue weighted by molar-refractivity contribution is -0.0690. The van der Waals surface area contributed by atoms with Crippen LogP contribution in [-0.2, 0) is 4.74 Å². The molecule has 19 heavy (non-hydrogen) atoms. The van der Waals surface area contributed by atoms with Crippen LogP contribution in [0.4, 0.5) is 4.39 Å². The molecule has 0 amide bonds. The number of methoxy groups -OCH3 is 1. The normalized spacial score (nSPS) is 20.2. The van der Waals surface area contributed by atoms with E-state index in [9.17, 15) is 4.39 Å². The van der Waals surface area contributed by atoms with Crippen LogP contribution < -0.4 is 11.3 Å². The van der Waals surface area contributed by atoms with Gasteiger partial charge in [-0.25, -0.2) is 4.39 Å². The summed E-state index contributed by atoms with van der Waals surface area (Å²) in [6.07, 6.45) is 5.38. The molecule has 1 aliphatic rings. The van der Waals surface area contributed by atoms with Gasteiger partial charge in [0.25, 0.3) is 0 Å². The van der Waals surface area contributed by atoms with Crippen molar-refractivity contribution in [1.82, 2.24) is 5.43 Å². The Bertz CT molecular complexity index is 430.